The fourth-order valence-electron chi connectivity index (χ4n) is 1.44. The maximum absolute atomic E-state index is 5.98. The van der Waals surface area contributed by atoms with Crippen LogP contribution in [0.1, 0.15) is 6.92 Å². The van der Waals surface area contributed by atoms with Crippen molar-refractivity contribution in [1.82, 2.24) is 4.98 Å². The van der Waals surface area contributed by atoms with Gasteiger partial charge in [0, 0.05) is 20.5 Å². The van der Waals surface area contributed by atoms with E-state index in [1.54, 1.807) is 0 Å². The molecule has 0 bridgehead atoms. The van der Waals surface area contributed by atoms with Crippen LogP contribution in [-0.2, 0) is 0 Å². The summed E-state index contributed by atoms with van der Waals surface area (Å²) < 4.78 is 1.08. The lowest BCUT2D eigenvalue weighted by Crippen LogP contribution is -1.99. The Balaban J connectivity index is 2.60. The minimum atomic E-state index is 0.755. The maximum atomic E-state index is 5.98. The van der Waals surface area contributed by atoms with E-state index in [0.29, 0.717) is 0 Å². The molecule has 0 atom stereocenters. The molecule has 15 heavy (non-hydrogen) atoms. The maximum Gasteiger partial charge on any atom is 0.126 e. The number of aromatic nitrogens is 1. The van der Waals surface area contributed by atoms with E-state index in [1.165, 1.54) is 0 Å². The van der Waals surface area contributed by atoms with Crippen LogP contribution >= 0.6 is 34.2 Å². The summed E-state index contributed by atoms with van der Waals surface area (Å²) in [5.74, 6) is 0.908. The Labute approximate surface area is 107 Å². The largest absolute Gasteiger partial charge is 0.370 e. The zero-order valence-corrected chi connectivity index (χ0v) is 11.1. The van der Waals surface area contributed by atoms with Gasteiger partial charge in [0.25, 0.3) is 0 Å². The number of rotatable bonds is 2. The molecule has 2 rings (SSSR count). The van der Waals surface area contributed by atoms with Crippen LogP contribution in [0.2, 0.25) is 5.02 Å². The van der Waals surface area contributed by atoms with Gasteiger partial charge in [0.05, 0.1) is 5.52 Å². The normalized spacial score (nSPS) is 10.6. The number of hydrogen-bond donors (Lipinski definition) is 1. The molecule has 0 fully saturated rings. The molecular weight excluding hydrogens is 322 g/mol. The van der Waals surface area contributed by atoms with Crippen molar-refractivity contribution in [3.8, 4) is 0 Å². The van der Waals surface area contributed by atoms with Gasteiger partial charge in [0.1, 0.15) is 5.82 Å². The smallest absolute Gasteiger partial charge is 0.126 e. The molecule has 0 radical (unpaired) electrons. The summed E-state index contributed by atoms with van der Waals surface area (Å²) in [4.78, 5) is 4.53. The fraction of sp³-hybridized carbons (Fsp3) is 0.182. The van der Waals surface area contributed by atoms with Gasteiger partial charge in [0.15, 0.2) is 0 Å². The summed E-state index contributed by atoms with van der Waals surface area (Å²) in [6, 6.07) is 7.86. The van der Waals surface area contributed by atoms with Crippen molar-refractivity contribution in [3.05, 3.63) is 32.9 Å². The summed E-state index contributed by atoms with van der Waals surface area (Å²) in [5, 5.41) is 5.03. The van der Waals surface area contributed by atoms with Gasteiger partial charge in [-0.25, -0.2) is 4.98 Å². The quantitative estimate of drug-likeness (QED) is 0.843. The summed E-state index contributed by atoms with van der Waals surface area (Å²) in [5.41, 5.74) is 0.999. The van der Waals surface area contributed by atoms with E-state index in [2.05, 4.69) is 39.8 Å². The Bertz CT molecular complexity index is 499. The molecule has 0 saturated carbocycles. The lowest BCUT2D eigenvalue weighted by atomic mass is 10.2. The molecule has 0 spiro atoms. The zero-order valence-electron chi connectivity index (χ0n) is 8.22. The summed E-state index contributed by atoms with van der Waals surface area (Å²) in [7, 11) is 0. The van der Waals surface area contributed by atoms with E-state index in [4.69, 9.17) is 11.6 Å². The highest BCUT2D eigenvalue weighted by atomic mass is 127. The molecule has 0 saturated heterocycles. The van der Waals surface area contributed by atoms with E-state index in [0.717, 1.165) is 31.9 Å². The highest BCUT2D eigenvalue weighted by Gasteiger charge is 2.03. The Morgan fingerprint density at radius 3 is 2.93 bits per heavy atom. The topological polar surface area (TPSA) is 24.9 Å². The lowest BCUT2D eigenvalue weighted by molar-refractivity contribution is 1.17. The van der Waals surface area contributed by atoms with E-state index >= 15 is 0 Å². The standard InChI is InChI=1S/C11H10ClIN2/c1-2-14-10-4-3-7-5-8(12)6-9(13)11(7)15-10/h3-6H,2H2,1H3,(H,14,15). The number of benzene rings is 1. The van der Waals surface area contributed by atoms with Gasteiger partial charge < -0.3 is 5.32 Å². The molecule has 0 amide bonds. The third-order valence-electron chi connectivity index (χ3n) is 2.07. The first kappa shape index (κ1) is 11.0. The van der Waals surface area contributed by atoms with E-state index in [-0.39, 0.29) is 0 Å². The van der Waals surface area contributed by atoms with Gasteiger partial charge in [-0.2, -0.15) is 0 Å². The van der Waals surface area contributed by atoms with Crippen LogP contribution in [-0.4, -0.2) is 11.5 Å². The van der Waals surface area contributed by atoms with Crippen molar-refractivity contribution in [2.45, 2.75) is 6.92 Å². The predicted molar refractivity (Wildman–Crippen MR) is 73.6 cm³/mol. The van der Waals surface area contributed by atoms with Crippen LogP contribution in [0, 0.1) is 3.57 Å². The molecule has 0 aliphatic rings. The first-order valence-corrected chi connectivity index (χ1v) is 6.16. The monoisotopic (exact) mass is 332 g/mol. The van der Waals surface area contributed by atoms with Crippen molar-refractivity contribution in [3.63, 3.8) is 0 Å². The van der Waals surface area contributed by atoms with Crippen LogP contribution in [0.4, 0.5) is 5.82 Å². The lowest BCUT2D eigenvalue weighted by Gasteiger charge is -2.05. The molecule has 0 aliphatic carbocycles. The van der Waals surface area contributed by atoms with Gasteiger partial charge in [-0.05, 0) is 53.8 Å². The van der Waals surface area contributed by atoms with Crippen molar-refractivity contribution in [2.75, 3.05) is 11.9 Å². The number of anilines is 1. The number of fused-ring (bicyclic) bond motifs is 1. The molecule has 78 valence electrons. The van der Waals surface area contributed by atoms with Crippen LogP contribution in [0.3, 0.4) is 0 Å². The van der Waals surface area contributed by atoms with Gasteiger partial charge in [-0.3, -0.25) is 0 Å². The molecular formula is C11H10ClIN2. The van der Waals surface area contributed by atoms with Crippen molar-refractivity contribution < 1.29 is 0 Å². The molecule has 2 aromatic rings. The van der Waals surface area contributed by atoms with E-state index < -0.39 is 0 Å². The molecule has 1 aromatic carbocycles. The molecule has 1 N–H and O–H groups in total. The number of nitrogens with one attached hydrogen (secondary N) is 1. The number of nitrogens with zero attached hydrogens (tertiary/aromatic N) is 1. The third kappa shape index (κ3) is 2.34. The second-order valence-corrected chi connectivity index (χ2v) is 4.78. The fourth-order valence-corrected chi connectivity index (χ4v) is 2.62. The van der Waals surface area contributed by atoms with Crippen molar-refractivity contribution in [2.24, 2.45) is 0 Å². The zero-order chi connectivity index (χ0) is 10.8. The minimum absolute atomic E-state index is 0.755. The molecule has 2 nitrogen and oxygen atoms in total. The van der Waals surface area contributed by atoms with E-state index in [1.807, 2.05) is 24.3 Å². The summed E-state index contributed by atoms with van der Waals surface area (Å²) >= 11 is 8.23. The highest BCUT2D eigenvalue weighted by Crippen LogP contribution is 2.25. The minimum Gasteiger partial charge on any atom is -0.370 e. The summed E-state index contributed by atoms with van der Waals surface area (Å²) in [6.07, 6.45) is 0. The number of hydrogen-bond acceptors (Lipinski definition) is 2. The van der Waals surface area contributed by atoms with Crippen LogP contribution in [0.25, 0.3) is 10.9 Å². The molecule has 0 unspecified atom stereocenters. The molecule has 1 aromatic heterocycles. The Kier molecular flexibility index (Phi) is 3.31. The van der Waals surface area contributed by atoms with Crippen LogP contribution in [0.5, 0.6) is 0 Å². The molecule has 4 heteroatoms. The Morgan fingerprint density at radius 2 is 2.20 bits per heavy atom. The Hall–Kier alpha value is -0.550. The van der Waals surface area contributed by atoms with Gasteiger partial charge in [-0.15, -0.1) is 0 Å². The number of halogens is 2. The van der Waals surface area contributed by atoms with Gasteiger partial charge in [-0.1, -0.05) is 11.6 Å². The average Bonchev–Trinajstić information content (AvgIpc) is 2.19. The second-order valence-electron chi connectivity index (χ2n) is 3.19. The van der Waals surface area contributed by atoms with Crippen molar-refractivity contribution in [1.29, 1.82) is 0 Å². The predicted octanol–water partition coefficient (Wildman–Crippen LogP) is 3.92. The first-order valence-electron chi connectivity index (χ1n) is 4.70. The van der Waals surface area contributed by atoms with Crippen molar-refractivity contribution >= 4 is 50.9 Å². The first-order chi connectivity index (χ1) is 7.20. The second kappa shape index (κ2) is 4.53. The Morgan fingerprint density at radius 1 is 1.40 bits per heavy atom. The molecule has 0 aliphatic heterocycles. The molecule has 1 heterocycles. The van der Waals surface area contributed by atoms with Gasteiger partial charge >= 0.3 is 0 Å². The SMILES string of the molecule is CCNc1ccc2cc(Cl)cc(I)c2n1. The summed E-state index contributed by atoms with van der Waals surface area (Å²) in [6.45, 7) is 2.93. The third-order valence-corrected chi connectivity index (χ3v) is 3.11. The van der Waals surface area contributed by atoms with Crippen LogP contribution < -0.4 is 5.32 Å². The van der Waals surface area contributed by atoms with E-state index in [9.17, 15) is 0 Å². The van der Waals surface area contributed by atoms with Gasteiger partial charge in [0.2, 0.25) is 0 Å². The highest BCUT2D eigenvalue weighted by molar-refractivity contribution is 14.1. The van der Waals surface area contributed by atoms with Crippen LogP contribution in [0.15, 0.2) is 24.3 Å². The average molecular weight is 333 g/mol. The number of pyridine rings is 1.